The number of hydrogen-bond donors (Lipinski definition) is 0. The Morgan fingerprint density at radius 2 is 0.265 bits per heavy atom. The van der Waals surface area contributed by atoms with Crippen molar-refractivity contribution in [1.29, 1.82) is 0 Å². The van der Waals surface area contributed by atoms with Crippen LogP contribution >= 0.6 is 0 Å². The van der Waals surface area contributed by atoms with E-state index in [1.54, 1.807) is 0 Å². The summed E-state index contributed by atoms with van der Waals surface area (Å²) >= 11 is 0. The van der Waals surface area contributed by atoms with Gasteiger partial charge in [0.1, 0.15) is 0 Å². The normalized spacial score (nSPS) is 13.1. The fraction of sp³-hybridized carbons (Fsp3) is 0.143. The molecule has 7 aromatic carbocycles. The van der Waals surface area contributed by atoms with E-state index >= 15 is 0 Å². The first-order chi connectivity index (χ1) is 24.1. The van der Waals surface area contributed by atoms with Gasteiger partial charge in [0.25, 0.3) is 0 Å². The third kappa shape index (κ3) is 8.16. The van der Waals surface area contributed by atoms with Crippen molar-refractivity contribution in [3.8, 4) is 0 Å². The Morgan fingerprint density at radius 3 is 0.367 bits per heavy atom. The van der Waals surface area contributed by atoms with Gasteiger partial charge in [-0.05, 0) is 123 Å². The molecule has 0 aliphatic heterocycles. The highest BCUT2D eigenvalue weighted by atomic mass is 14.1. The molecule has 0 heterocycles. The van der Waals surface area contributed by atoms with Crippen LogP contribution in [0.1, 0.15) is 77.9 Å². The zero-order chi connectivity index (χ0) is 32.8. The molecule has 7 aromatic rings. The Hall–Kier alpha value is -5.46. The molecule has 0 atom stereocenters. The van der Waals surface area contributed by atoms with Crippen LogP contribution in [-0.2, 0) is 44.9 Å². The third-order valence-electron chi connectivity index (χ3n) is 9.80. The summed E-state index contributed by atoms with van der Waals surface area (Å²) in [7, 11) is 0. The van der Waals surface area contributed by atoms with Gasteiger partial charge in [-0.2, -0.15) is 0 Å². The van der Waals surface area contributed by atoms with Crippen molar-refractivity contribution in [3.05, 3.63) is 248 Å². The van der Waals surface area contributed by atoms with E-state index in [4.69, 9.17) is 0 Å². The largest absolute Gasteiger partial charge is 0.0617 e. The molecule has 0 radical (unpaired) electrons. The second kappa shape index (κ2) is 14.3. The summed E-state index contributed by atoms with van der Waals surface area (Å²) in [6.07, 6.45) is 6.60. The van der Waals surface area contributed by atoms with Gasteiger partial charge in [-0.25, -0.2) is 0 Å². The standard InChI is InChI=1S/C49H42/c1-8-36-22-37(9-1)30-39-11-3-13-41(24-39)32-43-15-5-17-45(26-43)34-47-19-7-21-49(28-47)35-48-20-6-18-46(27-48)33-44-16-4-14-42(25-44)31-40-12-2-10-38(23-40)29-36/h1-28H,29-35H2. The average Bonchev–Trinajstić information content (AvgIpc) is 3.09. The van der Waals surface area contributed by atoms with Gasteiger partial charge in [-0.3, -0.25) is 0 Å². The molecular weight excluding hydrogens is 589 g/mol. The maximum atomic E-state index is 2.39. The highest BCUT2D eigenvalue weighted by Crippen LogP contribution is 2.22. The number of benzene rings is 7. The van der Waals surface area contributed by atoms with Crippen molar-refractivity contribution < 1.29 is 0 Å². The lowest BCUT2D eigenvalue weighted by Crippen LogP contribution is -1.97. The van der Waals surface area contributed by atoms with Crippen LogP contribution in [0.5, 0.6) is 0 Å². The Bertz CT molecular complexity index is 1650. The first-order valence-corrected chi connectivity index (χ1v) is 17.7. The molecule has 0 saturated carbocycles. The van der Waals surface area contributed by atoms with Gasteiger partial charge >= 0.3 is 0 Å². The molecule has 0 unspecified atom stereocenters. The van der Waals surface area contributed by atoms with E-state index in [1.807, 2.05) is 0 Å². The zero-order valence-corrected chi connectivity index (χ0v) is 28.1. The number of fused-ring (bicyclic) bond motifs is 14. The second-order valence-corrected chi connectivity index (χ2v) is 14.0. The van der Waals surface area contributed by atoms with Gasteiger partial charge in [-0.1, -0.05) is 170 Å². The number of hydrogen-bond acceptors (Lipinski definition) is 0. The summed E-state index contributed by atoms with van der Waals surface area (Å²) in [4.78, 5) is 0. The third-order valence-corrected chi connectivity index (χ3v) is 9.80. The van der Waals surface area contributed by atoms with Gasteiger partial charge in [0.2, 0.25) is 0 Å². The zero-order valence-electron chi connectivity index (χ0n) is 28.1. The van der Waals surface area contributed by atoms with Crippen LogP contribution < -0.4 is 0 Å². The molecule has 8 rings (SSSR count). The highest BCUT2D eigenvalue weighted by molar-refractivity contribution is 5.40. The van der Waals surface area contributed by atoms with Crippen LogP contribution in [0.15, 0.2) is 170 Å². The lowest BCUT2D eigenvalue weighted by atomic mass is 9.94. The molecule has 0 heteroatoms. The molecule has 1 aliphatic carbocycles. The Balaban J connectivity index is 1.13. The van der Waals surface area contributed by atoms with Crippen molar-refractivity contribution >= 4 is 0 Å². The average molecular weight is 631 g/mol. The molecule has 0 fully saturated rings. The quantitative estimate of drug-likeness (QED) is 0.156. The summed E-state index contributed by atoms with van der Waals surface area (Å²) in [5.41, 5.74) is 19.1. The van der Waals surface area contributed by atoms with E-state index in [2.05, 4.69) is 170 Å². The summed E-state index contributed by atoms with van der Waals surface area (Å²) in [6, 6.07) is 64.1. The fourth-order valence-corrected chi connectivity index (χ4v) is 7.60. The van der Waals surface area contributed by atoms with Gasteiger partial charge in [0.05, 0.1) is 0 Å². The van der Waals surface area contributed by atoms with Crippen LogP contribution in [0.2, 0.25) is 0 Å². The van der Waals surface area contributed by atoms with E-state index in [0.29, 0.717) is 0 Å². The topological polar surface area (TPSA) is 0 Å². The van der Waals surface area contributed by atoms with Gasteiger partial charge in [-0.15, -0.1) is 0 Å². The van der Waals surface area contributed by atoms with Gasteiger partial charge in [0, 0.05) is 0 Å². The van der Waals surface area contributed by atoms with Crippen LogP contribution in [-0.4, -0.2) is 0 Å². The predicted octanol–water partition coefficient (Wildman–Crippen LogP) is 11.1. The van der Waals surface area contributed by atoms with Crippen LogP contribution in [0.4, 0.5) is 0 Å². The van der Waals surface area contributed by atoms with E-state index in [0.717, 1.165) is 44.9 Å². The number of rotatable bonds is 0. The van der Waals surface area contributed by atoms with Crippen molar-refractivity contribution in [2.45, 2.75) is 44.9 Å². The van der Waals surface area contributed by atoms with E-state index in [1.165, 1.54) is 77.9 Å². The molecule has 14 bridgehead atoms. The predicted molar refractivity (Wildman–Crippen MR) is 205 cm³/mol. The minimum absolute atomic E-state index is 0.942. The maximum absolute atomic E-state index is 2.39. The summed E-state index contributed by atoms with van der Waals surface area (Å²) in [5, 5.41) is 0. The van der Waals surface area contributed by atoms with E-state index in [-0.39, 0.29) is 0 Å². The molecule has 0 saturated heterocycles. The van der Waals surface area contributed by atoms with Crippen LogP contribution in [0.3, 0.4) is 0 Å². The molecule has 1 aliphatic rings. The van der Waals surface area contributed by atoms with Crippen LogP contribution in [0.25, 0.3) is 0 Å². The summed E-state index contributed by atoms with van der Waals surface area (Å²) in [5.74, 6) is 0. The van der Waals surface area contributed by atoms with E-state index < -0.39 is 0 Å². The minimum atomic E-state index is 0.942. The van der Waals surface area contributed by atoms with Crippen LogP contribution in [0, 0.1) is 0 Å². The van der Waals surface area contributed by atoms with E-state index in [9.17, 15) is 0 Å². The molecule has 238 valence electrons. The van der Waals surface area contributed by atoms with Gasteiger partial charge in [0.15, 0.2) is 0 Å². The first-order valence-electron chi connectivity index (χ1n) is 17.7. The summed E-state index contributed by atoms with van der Waals surface area (Å²) in [6.45, 7) is 0. The summed E-state index contributed by atoms with van der Waals surface area (Å²) < 4.78 is 0. The molecule has 0 nitrogen and oxygen atoms in total. The van der Waals surface area contributed by atoms with Crippen molar-refractivity contribution in [2.24, 2.45) is 0 Å². The lowest BCUT2D eigenvalue weighted by Gasteiger charge is -2.11. The fourth-order valence-electron chi connectivity index (χ4n) is 7.60. The molecular formula is C49H42. The maximum Gasteiger partial charge on any atom is -0.00256 e. The lowest BCUT2D eigenvalue weighted by molar-refractivity contribution is 1.09. The van der Waals surface area contributed by atoms with Crippen molar-refractivity contribution in [3.63, 3.8) is 0 Å². The molecule has 0 N–H and O–H groups in total. The smallest absolute Gasteiger partial charge is 0.00256 e. The minimum Gasteiger partial charge on any atom is -0.0617 e. The highest BCUT2D eigenvalue weighted by Gasteiger charge is 2.08. The first kappa shape index (κ1) is 30.8. The molecule has 49 heavy (non-hydrogen) atoms. The second-order valence-electron chi connectivity index (χ2n) is 14.0. The monoisotopic (exact) mass is 630 g/mol. The molecule has 0 amide bonds. The molecule has 0 aromatic heterocycles. The van der Waals surface area contributed by atoms with Gasteiger partial charge < -0.3 is 0 Å². The Labute approximate surface area is 291 Å². The van der Waals surface area contributed by atoms with Crippen molar-refractivity contribution in [2.75, 3.05) is 0 Å². The Morgan fingerprint density at radius 1 is 0.163 bits per heavy atom. The van der Waals surface area contributed by atoms with Crippen molar-refractivity contribution in [1.82, 2.24) is 0 Å². The Kier molecular flexibility index (Phi) is 9.03. The molecule has 0 spiro atoms. The SMILES string of the molecule is c1cc2cc(c1)Cc1cccc(c1)Cc1cccc(c1)Cc1cccc(c1)Cc1cccc(c1)Cc1cccc(c1)Cc1cccc(c1)C2.